The average molecular weight is 489 g/mol. The number of methoxy groups -OCH3 is 2. The summed E-state index contributed by atoms with van der Waals surface area (Å²) < 4.78 is 52.4. The topological polar surface area (TPSA) is 59.8 Å². The fraction of sp³-hybridized carbons (Fsp3) is 0.360. The van der Waals surface area contributed by atoms with E-state index in [4.69, 9.17) is 9.47 Å². The summed E-state index contributed by atoms with van der Waals surface area (Å²) in [7, 11) is 3.14. The van der Waals surface area contributed by atoms with Crippen LogP contribution in [0.3, 0.4) is 0 Å². The first-order valence-electron chi connectivity index (χ1n) is 11.1. The van der Waals surface area contributed by atoms with Crippen LogP contribution < -0.4 is 19.9 Å². The third-order valence-electron chi connectivity index (χ3n) is 6.19. The van der Waals surface area contributed by atoms with Crippen molar-refractivity contribution in [3.8, 4) is 11.5 Å². The normalized spacial score (nSPS) is 14.1. The molecule has 10 heteroatoms. The van der Waals surface area contributed by atoms with Crippen molar-refractivity contribution in [2.45, 2.75) is 33.1 Å². The van der Waals surface area contributed by atoms with Gasteiger partial charge in [-0.15, -0.1) is 0 Å². The Kier molecular flexibility index (Phi) is 6.75. The second-order valence-electron chi connectivity index (χ2n) is 8.45. The molecule has 1 aliphatic heterocycles. The Hall–Kier alpha value is -3.53. The maximum Gasteiger partial charge on any atom is 0.416 e. The minimum Gasteiger partial charge on any atom is -0.493 e. The highest BCUT2D eigenvalue weighted by Gasteiger charge is 2.32. The van der Waals surface area contributed by atoms with Crippen molar-refractivity contribution in [1.82, 2.24) is 14.5 Å². The van der Waals surface area contributed by atoms with Crippen LogP contribution in [0.2, 0.25) is 0 Å². The van der Waals surface area contributed by atoms with Crippen molar-refractivity contribution >= 4 is 11.6 Å². The number of alkyl halides is 3. The van der Waals surface area contributed by atoms with Gasteiger partial charge in [0.1, 0.15) is 0 Å². The average Bonchev–Trinajstić information content (AvgIpc) is 2.85. The van der Waals surface area contributed by atoms with Gasteiger partial charge in [0.05, 0.1) is 33.1 Å². The van der Waals surface area contributed by atoms with E-state index in [1.165, 1.54) is 10.6 Å². The van der Waals surface area contributed by atoms with Crippen molar-refractivity contribution in [1.29, 1.82) is 0 Å². The lowest BCUT2D eigenvalue weighted by Gasteiger charge is -2.38. The Morgan fingerprint density at radius 2 is 1.74 bits per heavy atom. The first-order chi connectivity index (χ1) is 16.6. The summed E-state index contributed by atoms with van der Waals surface area (Å²) in [6.45, 7) is 4.55. The molecule has 0 radical (unpaired) electrons. The fourth-order valence-electron chi connectivity index (χ4n) is 4.10. The molecule has 0 fully saturated rings. The molecule has 0 unspecified atom stereocenters. The van der Waals surface area contributed by atoms with E-state index in [2.05, 4.69) is 4.98 Å². The highest BCUT2D eigenvalue weighted by atomic mass is 19.4. The van der Waals surface area contributed by atoms with Gasteiger partial charge in [0, 0.05) is 23.5 Å². The second-order valence-corrected chi connectivity index (χ2v) is 8.45. The van der Waals surface area contributed by atoms with Gasteiger partial charge in [-0.25, -0.2) is 4.98 Å². The number of hydrogen-bond donors (Lipinski definition) is 0. The van der Waals surface area contributed by atoms with Gasteiger partial charge in [0.25, 0.3) is 5.56 Å². The Morgan fingerprint density at radius 1 is 1.00 bits per heavy atom. The van der Waals surface area contributed by atoms with E-state index in [1.54, 1.807) is 39.0 Å². The molecule has 4 rings (SSSR count). The van der Waals surface area contributed by atoms with Crippen molar-refractivity contribution in [2.75, 3.05) is 32.3 Å². The van der Waals surface area contributed by atoms with Gasteiger partial charge in [0.2, 0.25) is 5.95 Å². The van der Waals surface area contributed by atoms with Gasteiger partial charge >= 0.3 is 6.18 Å². The number of nitrogens with zero attached hydrogens (tertiary/aromatic N) is 4. The lowest BCUT2D eigenvalue weighted by atomic mass is 10.1. The maximum atomic E-state index is 13.4. The van der Waals surface area contributed by atoms with Crippen molar-refractivity contribution in [2.24, 2.45) is 0 Å². The van der Waals surface area contributed by atoms with Crippen LogP contribution in [0.15, 0.2) is 47.3 Å². The molecular weight excluding hydrogens is 461 g/mol. The highest BCUT2D eigenvalue weighted by molar-refractivity contribution is 5.59. The van der Waals surface area contributed by atoms with Crippen LogP contribution in [0.25, 0.3) is 0 Å². The number of fused-ring (bicyclic) bond motifs is 1. The van der Waals surface area contributed by atoms with Crippen LogP contribution >= 0.6 is 0 Å². The number of ether oxygens (including phenoxy) is 2. The number of halogens is 3. The summed E-state index contributed by atoms with van der Waals surface area (Å²) in [5.74, 6) is 1.58. The molecule has 3 aromatic rings. The van der Waals surface area contributed by atoms with Crippen LogP contribution in [0.1, 0.15) is 22.4 Å². The Morgan fingerprint density at radius 3 is 2.43 bits per heavy atom. The monoisotopic (exact) mass is 488 g/mol. The van der Waals surface area contributed by atoms with Crippen LogP contribution in [-0.4, -0.2) is 41.9 Å². The molecule has 2 heterocycles. The van der Waals surface area contributed by atoms with Gasteiger partial charge in [-0.2, -0.15) is 13.2 Å². The van der Waals surface area contributed by atoms with E-state index < -0.39 is 11.7 Å². The molecule has 0 saturated heterocycles. The molecule has 186 valence electrons. The van der Waals surface area contributed by atoms with E-state index in [0.717, 1.165) is 17.7 Å². The first-order valence-corrected chi connectivity index (χ1v) is 11.1. The zero-order chi connectivity index (χ0) is 25.3. The summed E-state index contributed by atoms with van der Waals surface area (Å²) in [5.41, 5.74) is 1.43. The zero-order valence-corrected chi connectivity index (χ0v) is 20.0. The number of rotatable bonds is 6. The molecule has 0 bridgehead atoms. The lowest BCUT2D eigenvalue weighted by molar-refractivity contribution is -0.137. The van der Waals surface area contributed by atoms with Crippen LogP contribution in [0, 0.1) is 13.8 Å². The SMILES string of the molecule is COc1ccc(CCN2CN(c3cccc(C(F)(F)F)c3)c3nc(C)c(C)c(=O)n3C2)cc1OC. The smallest absolute Gasteiger partial charge is 0.416 e. The minimum absolute atomic E-state index is 0.208. The molecule has 1 aliphatic rings. The number of benzene rings is 2. The van der Waals surface area contributed by atoms with Gasteiger partial charge in [-0.05, 0) is 56.2 Å². The van der Waals surface area contributed by atoms with Gasteiger partial charge in [-0.3, -0.25) is 19.2 Å². The van der Waals surface area contributed by atoms with E-state index in [-0.39, 0.29) is 18.9 Å². The molecular formula is C25H27F3N4O3. The third-order valence-corrected chi connectivity index (χ3v) is 6.19. The molecule has 35 heavy (non-hydrogen) atoms. The molecule has 0 atom stereocenters. The molecule has 7 nitrogen and oxygen atoms in total. The number of aromatic nitrogens is 2. The molecule has 0 amide bonds. The Balaban J connectivity index is 1.67. The minimum atomic E-state index is -4.48. The predicted molar refractivity (Wildman–Crippen MR) is 126 cm³/mol. The molecule has 0 saturated carbocycles. The quantitative estimate of drug-likeness (QED) is 0.509. The third kappa shape index (κ3) is 4.97. The summed E-state index contributed by atoms with van der Waals surface area (Å²) in [6, 6.07) is 10.7. The second kappa shape index (κ2) is 9.61. The van der Waals surface area contributed by atoms with Gasteiger partial charge in [0.15, 0.2) is 11.5 Å². The molecule has 0 aliphatic carbocycles. The molecule has 2 aromatic carbocycles. The summed E-state index contributed by atoms with van der Waals surface area (Å²) in [4.78, 5) is 21.3. The molecule has 1 aromatic heterocycles. The van der Waals surface area contributed by atoms with Crippen LogP contribution in [0.4, 0.5) is 24.8 Å². The standard InChI is InChI=1S/C25H27F3N4O3/c1-16-17(2)29-24-31(20-7-5-6-19(13-20)25(26,27)28)14-30(15-32(24)23(16)33)11-10-18-8-9-21(34-3)22(12-18)35-4/h5-9,12-13H,10-11,14-15H2,1-4H3. The van der Waals surface area contributed by atoms with Crippen molar-refractivity contribution in [3.63, 3.8) is 0 Å². The fourth-order valence-corrected chi connectivity index (χ4v) is 4.10. The maximum absolute atomic E-state index is 13.4. The van der Waals surface area contributed by atoms with E-state index in [0.29, 0.717) is 47.4 Å². The molecule has 0 N–H and O–H groups in total. The number of hydrogen-bond acceptors (Lipinski definition) is 6. The predicted octanol–water partition coefficient (Wildman–Crippen LogP) is 4.51. The van der Waals surface area contributed by atoms with Crippen LogP contribution in [-0.2, 0) is 19.3 Å². The van der Waals surface area contributed by atoms with Gasteiger partial charge < -0.3 is 9.47 Å². The van der Waals surface area contributed by atoms with E-state index in [9.17, 15) is 18.0 Å². The molecule has 0 spiro atoms. The van der Waals surface area contributed by atoms with E-state index in [1.807, 2.05) is 23.1 Å². The Labute approximate surface area is 201 Å². The number of aryl methyl sites for hydroxylation is 1. The lowest BCUT2D eigenvalue weighted by Crippen LogP contribution is -2.48. The largest absolute Gasteiger partial charge is 0.493 e. The summed E-state index contributed by atoms with van der Waals surface area (Å²) in [5, 5.41) is 0. The van der Waals surface area contributed by atoms with Crippen LogP contribution in [0.5, 0.6) is 11.5 Å². The first kappa shape index (κ1) is 24.6. The van der Waals surface area contributed by atoms with Crippen molar-refractivity contribution in [3.05, 3.63) is 75.2 Å². The highest BCUT2D eigenvalue weighted by Crippen LogP contribution is 2.34. The summed E-state index contributed by atoms with van der Waals surface area (Å²) >= 11 is 0. The van der Waals surface area contributed by atoms with E-state index >= 15 is 0 Å². The Bertz CT molecular complexity index is 1290. The van der Waals surface area contributed by atoms with Crippen molar-refractivity contribution < 1.29 is 22.6 Å². The zero-order valence-electron chi connectivity index (χ0n) is 20.0. The number of anilines is 2. The van der Waals surface area contributed by atoms with Gasteiger partial charge in [-0.1, -0.05) is 12.1 Å². The summed E-state index contributed by atoms with van der Waals surface area (Å²) in [6.07, 6.45) is -3.84.